The summed E-state index contributed by atoms with van der Waals surface area (Å²) in [4.78, 5) is 11.8. The molecule has 0 bridgehead atoms. The molecule has 1 amide bonds. The van der Waals surface area contributed by atoms with Crippen LogP contribution in [-0.2, 0) is 4.79 Å². The van der Waals surface area contributed by atoms with Crippen LogP contribution in [0.5, 0.6) is 0 Å². The molecule has 1 aliphatic carbocycles. The Morgan fingerprint density at radius 3 is 2.94 bits per heavy atom. The molecule has 18 heavy (non-hydrogen) atoms. The van der Waals surface area contributed by atoms with E-state index < -0.39 is 0 Å². The first-order valence-corrected chi connectivity index (χ1v) is 8.34. The van der Waals surface area contributed by atoms with Crippen LogP contribution < -0.4 is 5.32 Å². The van der Waals surface area contributed by atoms with E-state index in [9.17, 15) is 4.79 Å². The first-order chi connectivity index (χ1) is 8.78. The number of anilines is 1. The molecule has 1 aromatic heterocycles. The topological polar surface area (TPSA) is 54.9 Å². The minimum atomic E-state index is 0.0751. The molecule has 1 saturated carbocycles. The standard InChI is InChI=1S/C12H19N3OS2/c1-2-17-12-15-14-11(18-12)13-10(16)8-7-9-5-3-4-6-9/h9H,2-8H2,1H3,(H,13,14,16). The Labute approximate surface area is 116 Å². The van der Waals surface area contributed by atoms with Gasteiger partial charge in [-0.25, -0.2) is 0 Å². The number of carbonyl (C=O) groups excluding carboxylic acids is 1. The predicted octanol–water partition coefficient (Wildman–Crippen LogP) is 3.56. The van der Waals surface area contributed by atoms with Gasteiger partial charge in [-0.05, 0) is 18.1 Å². The maximum atomic E-state index is 11.8. The van der Waals surface area contributed by atoms with E-state index in [2.05, 4.69) is 22.4 Å². The Balaban J connectivity index is 1.72. The number of hydrogen-bond donors (Lipinski definition) is 1. The zero-order valence-electron chi connectivity index (χ0n) is 10.6. The SMILES string of the molecule is CCSc1nnc(NC(=O)CCC2CCCC2)s1. The van der Waals surface area contributed by atoms with Crippen LogP contribution in [-0.4, -0.2) is 21.9 Å². The maximum Gasteiger partial charge on any atom is 0.226 e. The van der Waals surface area contributed by atoms with Gasteiger partial charge in [0.2, 0.25) is 11.0 Å². The molecule has 1 N–H and O–H groups in total. The second-order valence-corrected chi connectivity index (χ2v) is 7.03. The average Bonchev–Trinajstić information content (AvgIpc) is 2.99. The van der Waals surface area contributed by atoms with E-state index in [1.165, 1.54) is 37.0 Å². The fourth-order valence-corrected chi connectivity index (χ4v) is 3.92. The van der Waals surface area contributed by atoms with E-state index >= 15 is 0 Å². The van der Waals surface area contributed by atoms with Crippen LogP contribution in [0.2, 0.25) is 0 Å². The van der Waals surface area contributed by atoms with Gasteiger partial charge in [-0.15, -0.1) is 10.2 Å². The molecule has 0 aliphatic heterocycles. The molecule has 0 saturated heterocycles. The molecular formula is C12H19N3OS2. The summed E-state index contributed by atoms with van der Waals surface area (Å²) < 4.78 is 0.920. The number of carbonyl (C=O) groups is 1. The third kappa shape index (κ3) is 4.24. The van der Waals surface area contributed by atoms with Crippen molar-refractivity contribution in [1.29, 1.82) is 0 Å². The van der Waals surface area contributed by atoms with Gasteiger partial charge in [0.25, 0.3) is 0 Å². The lowest BCUT2D eigenvalue weighted by molar-refractivity contribution is -0.116. The fourth-order valence-electron chi connectivity index (χ4n) is 2.26. The summed E-state index contributed by atoms with van der Waals surface area (Å²) >= 11 is 3.10. The Bertz CT molecular complexity index is 388. The van der Waals surface area contributed by atoms with Crippen LogP contribution in [0.1, 0.15) is 45.4 Å². The lowest BCUT2D eigenvalue weighted by Gasteiger charge is -2.07. The van der Waals surface area contributed by atoms with E-state index in [0.717, 1.165) is 22.4 Å². The van der Waals surface area contributed by atoms with Gasteiger partial charge in [0.1, 0.15) is 0 Å². The van der Waals surface area contributed by atoms with Crippen LogP contribution in [0.15, 0.2) is 4.34 Å². The predicted molar refractivity (Wildman–Crippen MR) is 76.1 cm³/mol. The summed E-state index contributed by atoms with van der Waals surface area (Å²) in [7, 11) is 0. The highest BCUT2D eigenvalue weighted by atomic mass is 32.2. The first kappa shape index (κ1) is 13.8. The Hall–Kier alpha value is -0.620. The Morgan fingerprint density at radius 2 is 2.22 bits per heavy atom. The lowest BCUT2D eigenvalue weighted by Crippen LogP contribution is -2.12. The van der Waals surface area contributed by atoms with Crippen LogP contribution in [0.4, 0.5) is 5.13 Å². The van der Waals surface area contributed by atoms with Gasteiger partial charge >= 0.3 is 0 Å². The molecule has 100 valence electrons. The maximum absolute atomic E-state index is 11.8. The van der Waals surface area contributed by atoms with Gasteiger partial charge in [-0.2, -0.15) is 0 Å². The van der Waals surface area contributed by atoms with E-state index in [1.54, 1.807) is 11.8 Å². The number of thioether (sulfide) groups is 1. The Kier molecular flexibility index (Phi) is 5.44. The first-order valence-electron chi connectivity index (χ1n) is 6.54. The second-order valence-electron chi connectivity index (χ2n) is 4.54. The van der Waals surface area contributed by atoms with Crippen molar-refractivity contribution in [2.45, 2.75) is 49.8 Å². The van der Waals surface area contributed by atoms with Crippen molar-refractivity contribution in [2.24, 2.45) is 5.92 Å². The summed E-state index contributed by atoms with van der Waals surface area (Å²) in [5, 5.41) is 11.4. The molecule has 0 unspecified atom stereocenters. The van der Waals surface area contributed by atoms with Crippen LogP contribution in [0.3, 0.4) is 0 Å². The van der Waals surface area contributed by atoms with Gasteiger partial charge in [-0.3, -0.25) is 4.79 Å². The Morgan fingerprint density at radius 1 is 1.44 bits per heavy atom. The smallest absolute Gasteiger partial charge is 0.226 e. The minimum absolute atomic E-state index is 0.0751. The fraction of sp³-hybridized carbons (Fsp3) is 0.750. The normalized spacial score (nSPS) is 16.1. The third-order valence-electron chi connectivity index (χ3n) is 3.18. The number of rotatable bonds is 6. The highest BCUT2D eigenvalue weighted by molar-refractivity contribution is 8.01. The summed E-state index contributed by atoms with van der Waals surface area (Å²) in [5.41, 5.74) is 0. The van der Waals surface area contributed by atoms with Gasteiger partial charge in [-0.1, -0.05) is 55.7 Å². The summed E-state index contributed by atoms with van der Waals surface area (Å²) in [5.74, 6) is 1.81. The van der Waals surface area contributed by atoms with Crippen LogP contribution in [0, 0.1) is 5.92 Å². The van der Waals surface area contributed by atoms with Crippen molar-refractivity contribution < 1.29 is 4.79 Å². The van der Waals surface area contributed by atoms with Crippen molar-refractivity contribution in [2.75, 3.05) is 11.1 Å². The minimum Gasteiger partial charge on any atom is -0.301 e. The quantitative estimate of drug-likeness (QED) is 0.641. The van der Waals surface area contributed by atoms with Crippen molar-refractivity contribution >= 4 is 34.1 Å². The zero-order valence-corrected chi connectivity index (χ0v) is 12.3. The molecule has 2 rings (SSSR count). The molecule has 0 aromatic carbocycles. The van der Waals surface area contributed by atoms with Gasteiger partial charge < -0.3 is 5.32 Å². The summed E-state index contributed by atoms with van der Waals surface area (Å²) in [6.45, 7) is 2.08. The molecule has 1 aromatic rings. The molecule has 4 nitrogen and oxygen atoms in total. The molecule has 0 spiro atoms. The largest absolute Gasteiger partial charge is 0.301 e. The third-order valence-corrected chi connectivity index (χ3v) is 5.03. The van der Waals surface area contributed by atoms with E-state index in [-0.39, 0.29) is 5.91 Å². The van der Waals surface area contributed by atoms with Crippen molar-refractivity contribution in [3.63, 3.8) is 0 Å². The molecule has 1 aliphatic rings. The van der Waals surface area contributed by atoms with E-state index in [0.29, 0.717) is 11.6 Å². The summed E-state index contributed by atoms with van der Waals surface area (Å²) in [6, 6.07) is 0. The van der Waals surface area contributed by atoms with Crippen molar-refractivity contribution in [3.8, 4) is 0 Å². The number of amides is 1. The highest BCUT2D eigenvalue weighted by Gasteiger charge is 2.16. The molecule has 0 radical (unpaired) electrons. The second kappa shape index (κ2) is 7.09. The molecule has 1 heterocycles. The van der Waals surface area contributed by atoms with Gasteiger partial charge in [0.05, 0.1) is 0 Å². The number of nitrogens with one attached hydrogen (secondary N) is 1. The van der Waals surface area contributed by atoms with E-state index in [4.69, 9.17) is 0 Å². The molecule has 6 heteroatoms. The molecular weight excluding hydrogens is 266 g/mol. The van der Waals surface area contributed by atoms with Crippen molar-refractivity contribution in [1.82, 2.24) is 10.2 Å². The van der Waals surface area contributed by atoms with E-state index in [1.807, 2.05) is 0 Å². The lowest BCUT2D eigenvalue weighted by atomic mass is 10.0. The highest BCUT2D eigenvalue weighted by Crippen LogP contribution is 2.29. The molecule has 1 fully saturated rings. The van der Waals surface area contributed by atoms with Gasteiger partial charge in [0.15, 0.2) is 4.34 Å². The van der Waals surface area contributed by atoms with Crippen molar-refractivity contribution in [3.05, 3.63) is 0 Å². The number of hydrogen-bond acceptors (Lipinski definition) is 5. The van der Waals surface area contributed by atoms with Gasteiger partial charge in [0, 0.05) is 6.42 Å². The van der Waals surface area contributed by atoms with Crippen LogP contribution in [0.25, 0.3) is 0 Å². The average molecular weight is 285 g/mol. The molecule has 0 atom stereocenters. The number of nitrogens with zero attached hydrogens (tertiary/aromatic N) is 2. The summed E-state index contributed by atoms with van der Waals surface area (Å²) in [6.07, 6.45) is 6.88. The zero-order chi connectivity index (χ0) is 12.8. The number of aromatic nitrogens is 2. The van der Waals surface area contributed by atoms with Crippen LogP contribution >= 0.6 is 23.1 Å². The monoisotopic (exact) mass is 285 g/mol.